The molecule has 0 aliphatic heterocycles. The number of hydrogen-bond donors (Lipinski definition) is 4. The number of rotatable bonds is 0. The molecule has 0 radical (unpaired) electrons. The largest absolute Gasteiger partial charge is 0.390 e. The van der Waals surface area contributed by atoms with Crippen LogP contribution in [0.4, 0.5) is 0 Å². The zero-order chi connectivity index (χ0) is 18.9. The highest BCUT2D eigenvalue weighted by Gasteiger charge is 2.67. The van der Waals surface area contributed by atoms with Crippen LogP contribution in [0.3, 0.4) is 0 Å². The quantitative estimate of drug-likeness (QED) is 0.383. The fraction of sp³-hybridized carbons (Fsp3) is 0.810. The van der Waals surface area contributed by atoms with E-state index in [0.29, 0.717) is 31.1 Å². The minimum Gasteiger partial charge on any atom is -0.390 e. The van der Waals surface area contributed by atoms with Gasteiger partial charge in [0.1, 0.15) is 0 Å². The van der Waals surface area contributed by atoms with Crippen molar-refractivity contribution in [3.8, 4) is 11.3 Å². The lowest BCUT2D eigenvalue weighted by Gasteiger charge is -2.58. The Kier molecular flexibility index (Phi) is 4.31. The summed E-state index contributed by atoms with van der Waals surface area (Å²) >= 11 is 5.62. The van der Waals surface area contributed by atoms with Crippen LogP contribution in [0.1, 0.15) is 52.4 Å². The Morgan fingerprint density at radius 3 is 2.58 bits per heavy atom. The standard InChI is InChI=1S/C21H29ClO4/c1-19-11-17(24)16(23)9-12(19)3-4-13-14(19)5-6-20(2)15(13)10-18(25)21(20,26)7-8-22/h3,13-18,23-26H,4-6,9-11H2,1-2H3/t13-,14+,15+,16-,17-,18-,19+,20+,21+/m1/s1. The van der Waals surface area contributed by atoms with Crippen molar-refractivity contribution < 1.29 is 20.4 Å². The average Bonchev–Trinajstić information content (AvgIpc) is 2.77. The summed E-state index contributed by atoms with van der Waals surface area (Å²) in [5.74, 6) is 3.61. The summed E-state index contributed by atoms with van der Waals surface area (Å²) in [4.78, 5) is 0. The maximum Gasteiger partial charge on any atom is 0.157 e. The Bertz CT molecular complexity index is 696. The third kappa shape index (κ3) is 2.25. The van der Waals surface area contributed by atoms with Gasteiger partial charge in [0.25, 0.3) is 0 Å². The first kappa shape index (κ1) is 18.8. The molecule has 4 rings (SSSR count). The van der Waals surface area contributed by atoms with E-state index in [1.54, 1.807) is 0 Å². The highest BCUT2D eigenvalue weighted by atomic mass is 35.5. The van der Waals surface area contributed by atoms with E-state index < -0.39 is 29.3 Å². The third-order valence-corrected chi connectivity index (χ3v) is 8.68. The van der Waals surface area contributed by atoms with Gasteiger partial charge in [0.15, 0.2) is 5.60 Å². The number of halogens is 1. The molecule has 3 fully saturated rings. The topological polar surface area (TPSA) is 80.9 Å². The zero-order valence-corrected chi connectivity index (χ0v) is 16.2. The van der Waals surface area contributed by atoms with Gasteiger partial charge < -0.3 is 20.4 Å². The second-order valence-corrected chi connectivity index (χ2v) is 9.68. The first-order valence-electron chi connectivity index (χ1n) is 9.76. The summed E-state index contributed by atoms with van der Waals surface area (Å²) in [6, 6.07) is 0. The highest BCUT2D eigenvalue weighted by Crippen LogP contribution is 2.67. The second kappa shape index (κ2) is 5.96. The van der Waals surface area contributed by atoms with Crippen LogP contribution in [0.5, 0.6) is 0 Å². The van der Waals surface area contributed by atoms with Gasteiger partial charge in [-0.15, -0.1) is 0 Å². The minimum absolute atomic E-state index is 0.118. The molecule has 4 nitrogen and oxygen atoms in total. The normalized spacial score (nSPS) is 55.7. The van der Waals surface area contributed by atoms with E-state index in [-0.39, 0.29) is 11.3 Å². The van der Waals surface area contributed by atoms with Crippen molar-refractivity contribution in [1.82, 2.24) is 0 Å². The Labute approximate surface area is 160 Å². The van der Waals surface area contributed by atoms with E-state index in [1.165, 1.54) is 5.57 Å². The molecular formula is C21H29ClO4. The lowest BCUT2D eigenvalue weighted by Crippen LogP contribution is -2.57. The summed E-state index contributed by atoms with van der Waals surface area (Å²) in [5, 5.41) is 44.5. The van der Waals surface area contributed by atoms with Gasteiger partial charge >= 0.3 is 0 Å². The molecule has 9 atom stereocenters. The summed E-state index contributed by atoms with van der Waals surface area (Å²) < 4.78 is 0. The van der Waals surface area contributed by atoms with Crippen molar-refractivity contribution in [1.29, 1.82) is 0 Å². The number of aliphatic hydroxyl groups excluding tert-OH is 3. The molecule has 4 aliphatic rings. The molecular weight excluding hydrogens is 352 g/mol. The van der Waals surface area contributed by atoms with Crippen molar-refractivity contribution in [3.05, 3.63) is 11.6 Å². The molecule has 0 aromatic rings. The molecule has 26 heavy (non-hydrogen) atoms. The fourth-order valence-electron chi connectivity index (χ4n) is 7.01. The predicted octanol–water partition coefficient (Wildman–Crippen LogP) is 2.18. The van der Waals surface area contributed by atoms with E-state index >= 15 is 0 Å². The van der Waals surface area contributed by atoms with E-state index in [0.717, 1.165) is 19.3 Å². The van der Waals surface area contributed by atoms with Gasteiger partial charge in [0.05, 0.1) is 18.3 Å². The van der Waals surface area contributed by atoms with Gasteiger partial charge in [-0.3, -0.25) is 0 Å². The van der Waals surface area contributed by atoms with Crippen LogP contribution in [-0.4, -0.2) is 44.3 Å². The summed E-state index contributed by atoms with van der Waals surface area (Å²) in [6.45, 7) is 4.27. The Morgan fingerprint density at radius 1 is 1.15 bits per heavy atom. The van der Waals surface area contributed by atoms with Crippen molar-refractivity contribution >= 4 is 11.6 Å². The third-order valence-electron chi connectivity index (χ3n) is 8.59. The molecule has 144 valence electrons. The van der Waals surface area contributed by atoms with Crippen molar-refractivity contribution in [2.24, 2.45) is 28.6 Å². The second-order valence-electron chi connectivity index (χ2n) is 9.50. The zero-order valence-electron chi connectivity index (χ0n) is 15.5. The van der Waals surface area contributed by atoms with E-state index in [2.05, 4.69) is 24.3 Å². The molecule has 0 aromatic carbocycles. The van der Waals surface area contributed by atoms with E-state index in [4.69, 9.17) is 11.6 Å². The molecule has 5 heteroatoms. The monoisotopic (exact) mass is 380 g/mol. The van der Waals surface area contributed by atoms with Crippen LogP contribution in [-0.2, 0) is 0 Å². The van der Waals surface area contributed by atoms with Crippen LogP contribution in [0.2, 0.25) is 0 Å². The van der Waals surface area contributed by atoms with Crippen LogP contribution >= 0.6 is 11.6 Å². The Hall–Kier alpha value is -0.570. The summed E-state index contributed by atoms with van der Waals surface area (Å²) in [5.41, 5.74) is -0.789. The molecule has 0 heterocycles. The van der Waals surface area contributed by atoms with Gasteiger partial charge in [-0.2, -0.15) is 0 Å². The highest BCUT2D eigenvalue weighted by molar-refractivity contribution is 6.30. The lowest BCUT2D eigenvalue weighted by atomic mass is 9.47. The van der Waals surface area contributed by atoms with Gasteiger partial charge in [-0.05, 0) is 79.2 Å². The molecule has 0 spiro atoms. The van der Waals surface area contributed by atoms with Gasteiger partial charge in [-0.25, -0.2) is 0 Å². The molecule has 0 saturated heterocycles. The number of aliphatic hydroxyl groups is 4. The van der Waals surface area contributed by atoms with Crippen LogP contribution < -0.4 is 0 Å². The van der Waals surface area contributed by atoms with E-state index in [9.17, 15) is 20.4 Å². The number of fused-ring (bicyclic) bond motifs is 5. The van der Waals surface area contributed by atoms with Crippen molar-refractivity contribution in [3.63, 3.8) is 0 Å². The van der Waals surface area contributed by atoms with Crippen LogP contribution in [0.25, 0.3) is 0 Å². The van der Waals surface area contributed by atoms with Crippen molar-refractivity contribution in [2.75, 3.05) is 0 Å². The van der Waals surface area contributed by atoms with Crippen molar-refractivity contribution in [2.45, 2.75) is 76.3 Å². The first-order valence-corrected chi connectivity index (χ1v) is 10.1. The predicted molar refractivity (Wildman–Crippen MR) is 99.1 cm³/mol. The summed E-state index contributed by atoms with van der Waals surface area (Å²) in [6.07, 6.45) is 4.27. The average molecular weight is 381 g/mol. The lowest BCUT2D eigenvalue weighted by molar-refractivity contribution is -0.125. The molecule has 0 aromatic heterocycles. The molecule has 4 N–H and O–H groups in total. The van der Waals surface area contributed by atoms with E-state index in [1.807, 2.05) is 6.92 Å². The molecule has 0 amide bonds. The SMILES string of the molecule is C[C@]12C[C@@H](O)[C@H](O)CC1=CC[C@@H]1[C@@H]2CC[C@@]2(C)[C@H]1C[C@@H](O)[C@@]2(O)C#CCl. The van der Waals surface area contributed by atoms with Gasteiger partial charge in [0.2, 0.25) is 0 Å². The van der Waals surface area contributed by atoms with Crippen LogP contribution in [0.15, 0.2) is 11.6 Å². The number of allylic oxidation sites excluding steroid dienone is 1. The maximum atomic E-state index is 11.2. The van der Waals surface area contributed by atoms with Gasteiger partial charge in [0, 0.05) is 10.8 Å². The maximum absolute atomic E-state index is 11.2. The smallest absolute Gasteiger partial charge is 0.157 e. The van der Waals surface area contributed by atoms with Crippen LogP contribution in [0, 0.1) is 39.9 Å². The van der Waals surface area contributed by atoms with Gasteiger partial charge in [-0.1, -0.05) is 25.5 Å². The molecule has 0 bridgehead atoms. The Morgan fingerprint density at radius 2 is 1.88 bits per heavy atom. The molecule has 3 saturated carbocycles. The molecule has 4 aliphatic carbocycles. The number of hydrogen-bond acceptors (Lipinski definition) is 4. The minimum atomic E-state index is -1.46. The first-order chi connectivity index (χ1) is 12.2. The Balaban J connectivity index is 1.72. The molecule has 0 unspecified atom stereocenters. The summed E-state index contributed by atoms with van der Waals surface area (Å²) in [7, 11) is 0. The fourth-order valence-corrected chi connectivity index (χ4v) is 7.15.